The van der Waals surface area contributed by atoms with Crippen LogP contribution in [0.1, 0.15) is 16.6 Å². The molecule has 0 saturated carbocycles. The Morgan fingerprint density at radius 3 is 2.71 bits per heavy atom. The molecule has 0 aromatic carbocycles. The molecule has 4 nitrogen and oxygen atoms in total. The maximum atomic E-state index is 11.8. The Bertz CT molecular complexity index is 542. The van der Waals surface area contributed by atoms with Crippen LogP contribution in [0.5, 0.6) is 0 Å². The average Bonchev–Trinajstić information content (AvgIpc) is 2.66. The molecule has 1 N–H and O–H groups in total. The SMILES string of the molecule is C=C(C#N)/C(=C\C)NC(=O)c1snc(Cl)c1Cl. The smallest absolute Gasteiger partial charge is 0.268 e. The van der Waals surface area contributed by atoms with Crippen molar-refractivity contribution in [2.75, 3.05) is 0 Å². The molecule has 1 amide bonds. The molecular formula is C10H7Cl2N3OS. The summed E-state index contributed by atoms with van der Waals surface area (Å²) in [6, 6.07) is 1.84. The highest BCUT2D eigenvalue weighted by molar-refractivity contribution is 7.09. The molecule has 0 spiro atoms. The molecule has 0 aliphatic heterocycles. The number of nitrogens with one attached hydrogen (secondary N) is 1. The Balaban J connectivity index is 2.91. The zero-order valence-electron chi connectivity index (χ0n) is 8.75. The molecule has 0 bridgehead atoms. The fourth-order valence-electron chi connectivity index (χ4n) is 0.962. The average molecular weight is 288 g/mol. The first kappa shape index (κ1) is 13.7. The van der Waals surface area contributed by atoms with E-state index in [-0.39, 0.29) is 20.6 Å². The summed E-state index contributed by atoms with van der Waals surface area (Å²) in [6.45, 7) is 5.18. The van der Waals surface area contributed by atoms with Gasteiger partial charge in [-0.15, -0.1) is 0 Å². The lowest BCUT2D eigenvalue weighted by Gasteiger charge is -2.05. The Kier molecular flexibility index (Phi) is 4.70. The van der Waals surface area contributed by atoms with Gasteiger partial charge >= 0.3 is 0 Å². The summed E-state index contributed by atoms with van der Waals surface area (Å²) >= 11 is 12.3. The van der Waals surface area contributed by atoms with Crippen LogP contribution in [0.25, 0.3) is 0 Å². The number of amides is 1. The zero-order chi connectivity index (χ0) is 13.0. The number of hydrogen-bond donors (Lipinski definition) is 1. The van der Waals surface area contributed by atoms with Crippen molar-refractivity contribution in [1.29, 1.82) is 5.26 Å². The molecule has 0 atom stereocenters. The summed E-state index contributed by atoms with van der Waals surface area (Å²) in [5, 5.41) is 11.4. The number of aromatic nitrogens is 1. The summed E-state index contributed by atoms with van der Waals surface area (Å²) in [5.74, 6) is -0.469. The van der Waals surface area contributed by atoms with Crippen molar-refractivity contribution in [2.45, 2.75) is 6.92 Å². The van der Waals surface area contributed by atoms with Gasteiger partial charge in [0.25, 0.3) is 5.91 Å². The molecule has 0 aliphatic carbocycles. The van der Waals surface area contributed by atoms with Gasteiger partial charge < -0.3 is 5.32 Å². The van der Waals surface area contributed by atoms with Crippen molar-refractivity contribution in [1.82, 2.24) is 9.69 Å². The fraction of sp³-hybridized carbons (Fsp3) is 0.100. The van der Waals surface area contributed by atoms with Crippen LogP contribution in [0, 0.1) is 11.3 Å². The van der Waals surface area contributed by atoms with Crippen molar-refractivity contribution in [2.24, 2.45) is 0 Å². The Morgan fingerprint density at radius 1 is 1.65 bits per heavy atom. The van der Waals surface area contributed by atoms with Gasteiger partial charge in [-0.05, 0) is 18.5 Å². The molecule has 7 heteroatoms. The van der Waals surface area contributed by atoms with E-state index in [0.29, 0.717) is 5.70 Å². The number of hydrogen-bond acceptors (Lipinski definition) is 4. The minimum atomic E-state index is -0.469. The molecule has 0 unspecified atom stereocenters. The van der Waals surface area contributed by atoms with Crippen molar-refractivity contribution in [3.8, 4) is 6.07 Å². The van der Waals surface area contributed by atoms with E-state index < -0.39 is 5.91 Å². The predicted octanol–water partition coefficient (Wildman–Crippen LogP) is 3.16. The highest BCUT2D eigenvalue weighted by atomic mass is 35.5. The summed E-state index contributed by atoms with van der Waals surface area (Å²) in [6.07, 6.45) is 1.57. The Morgan fingerprint density at radius 2 is 2.29 bits per heavy atom. The second-order valence-electron chi connectivity index (χ2n) is 2.86. The molecule has 1 rings (SSSR count). The highest BCUT2D eigenvalue weighted by Gasteiger charge is 2.18. The molecular weight excluding hydrogens is 281 g/mol. The van der Waals surface area contributed by atoms with E-state index in [1.165, 1.54) is 0 Å². The van der Waals surface area contributed by atoms with Crippen LogP contribution in [-0.2, 0) is 0 Å². The van der Waals surface area contributed by atoms with E-state index in [2.05, 4.69) is 16.3 Å². The normalized spacial score (nSPS) is 10.8. The van der Waals surface area contributed by atoms with Gasteiger partial charge in [0, 0.05) is 0 Å². The van der Waals surface area contributed by atoms with Gasteiger partial charge in [0.05, 0.1) is 11.3 Å². The molecule has 0 aliphatic rings. The lowest BCUT2D eigenvalue weighted by Crippen LogP contribution is -2.22. The number of allylic oxidation sites excluding steroid dienone is 2. The summed E-state index contributed by atoms with van der Waals surface area (Å²) in [5.41, 5.74) is 0.491. The third-order valence-corrected chi connectivity index (χ3v) is 3.60. The van der Waals surface area contributed by atoms with Crippen molar-refractivity contribution >= 4 is 40.6 Å². The zero-order valence-corrected chi connectivity index (χ0v) is 11.1. The van der Waals surface area contributed by atoms with Crippen LogP contribution in [0.3, 0.4) is 0 Å². The number of carbonyl (C=O) groups excluding carboxylic acids is 1. The van der Waals surface area contributed by atoms with Crippen LogP contribution in [0.2, 0.25) is 10.2 Å². The number of nitrogens with zero attached hydrogens (tertiary/aromatic N) is 2. The number of nitriles is 1. The van der Waals surface area contributed by atoms with Crippen molar-refractivity contribution < 1.29 is 4.79 Å². The van der Waals surface area contributed by atoms with Crippen LogP contribution in [0.15, 0.2) is 23.9 Å². The predicted molar refractivity (Wildman–Crippen MR) is 68.1 cm³/mol. The van der Waals surface area contributed by atoms with Crippen LogP contribution < -0.4 is 5.32 Å². The Hall–Kier alpha value is -1.35. The van der Waals surface area contributed by atoms with Gasteiger partial charge in [-0.2, -0.15) is 9.64 Å². The van der Waals surface area contributed by atoms with Crippen LogP contribution >= 0.6 is 34.7 Å². The van der Waals surface area contributed by atoms with E-state index >= 15 is 0 Å². The van der Waals surface area contributed by atoms with Gasteiger partial charge in [-0.3, -0.25) is 4.79 Å². The number of carbonyl (C=O) groups is 1. The number of halogens is 2. The lowest BCUT2D eigenvalue weighted by molar-refractivity contribution is 0.0971. The van der Waals surface area contributed by atoms with Gasteiger partial charge in [0.15, 0.2) is 5.15 Å². The molecule has 0 radical (unpaired) electrons. The first-order valence-corrected chi connectivity index (χ1v) is 5.91. The Labute approximate surface area is 112 Å². The molecule has 0 fully saturated rings. The van der Waals surface area contributed by atoms with Crippen LogP contribution in [0.4, 0.5) is 0 Å². The minimum Gasteiger partial charge on any atom is -0.320 e. The van der Waals surface area contributed by atoms with Gasteiger partial charge in [0.1, 0.15) is 16.0 Å². The fourth-order valence-corrected chi connectivity index (χ4v) is 2.07. The van der Waals surface area contributed by atoms with E-state index in [1.54, 1.807) is 13.0 Å². The molecule has 1 aromatic rings. The second kappa shape index (κ2) is 5.82. The minimum absolute atomic E-state index is 0.0861. The second-order valence-corrected chi connectivity index (χ2v) is 4.37. The van der Waals surface area contributed by atoms with E-state index in [9.17, 15) is 4.79 Å². The molecule has 88 valence electrons. The summed E-state index contributed by atoms with van der Waals surface area (Å²) < 4.78 is 3.74. The largest absolute Gasteiger partial charge is 0.320 e. The van der Waals surface area contributed by atoms with E-state index in [4.69, 9.17) is 28.5 Å². The first-order valence-electron chi connectivity index (χ1n) is 4.39. The summed E-state index contributed by atoms with van der Waals surface area (Å²) in [7, 11) is 0. The van der Waals surface area contributed by atoms with E-state index in [0.717, 1.165) is 11.5 Å². The monoisotopic (exact) mass is 287 g/mol. The van der Waals surface area contributed by atoms with E-state index in [1.807, 2.05) is 6.07 Å². The number of rotatable bonds is 3. The quantitative estimate of drug-likeness (QED) is 0.686. The van der Waals surface area contributed by atoms with Gasteiger partial charge in [-0.25, -0.2) is 0 Å². The van der Waals surface area contributed by atoms with Crippen molar-refractivity contribution in [3.05, 3.63) is 39.0 Å². The third kappa shape index (κ3) is 3.07. The van der Waals surface area contributed by atoms with Gasteiger partial charge in [0.2, 0.25) is 0 Å². The maximum Gasteiger partial charge on any atom is 0.268 e. The molecule has 1 aromatic heterocycles. The maximum absolute atomic E-state index is 11.8. The van der Waals surface area contributed by atoms with Gasteiger partial charge in [-0.1, -0.05) is 35.9 Å². The topological polar surface area (TPSA) is 65.8 Å². The molecule has 17 heavy (non-hydrogen) atoms. The summed E-state index contributed by atoms with van der Waals surface area (Å²) in [4.78, 5) is 12.0. The third-order valence-electron chi connectivity index (χ3n) is 1.80. The van der Waals surface area contributed by atoms with Crippen LogP contribution in [-0.4, -0.2) is 10.3 Å². The molecule has 0 saturated heterocycles. The van der Waals surface area contributed by atoms with Crippen molar-refractivity contribution in [3.63, 3.8) is 0 Å². The standard InChI is InChI=1S/C10H7Cl2N3OS/c1-3-6(5(2)4-13)14-10(16)8-7(11)9(12)15-17-8/h3H,2H2,1H3,(H,14,16)/b6-3+. The lowest BCUT2D eigenvalue weighted by atomic mass is 10.2. The molecule has 1 heterocycles. The highest BCUT2D eigenvalue weighted by Crippen LogP contribution is 2.28. The first-order chi connectivity index (χ1) is 8.01.